The Balaban J connectivity index is 2.18. The van der Waals surface area contributed by atoms with Gasteiger partial charge in [-0.05, 0) is 32.9 Å². The van der Waals surface area contributed by atoms with Crippen LogP contribution in [-0.4, -0.2) is 35.7 Å². The predicted octanol–water partition coefficient (Wildman–Crippen LogP) is 3.54. The summed E-state index contributed by atoms with van der Waals surface area (Å²) in [5.74, 6) is 0.0848. The predicted molar refractivity (Wildman–Crippen MR) is 90.8 cm³/mol. The number of aliphatic hydroxyl groups excluding tert-OH is 1. The largest absolute Gasteiger partial charge is 0.511 e. The van der Waals surface area contributed by atoms with E-state index in [-0.39, 0.29) is 23.1 Å². The normalized spacial score (nSPS) is 19.8. The second kappa shape index (κ2) is 6.34. The standard InChI is InChI=1S/C18H24N2O2/c1-18(2,3)19-12-15-16(21)10-14(11-17(15)22)20(4)13-8-6-5-7-9-13/h5-9,12,14,21H,10-11H2,1-4H3. The number of hydrogen-bond acceptors (Lipinski definition) is 4. The van der Waals surface area contributed by atoms with E-state index in [1.165, 1.54) is 6.21 Å². The second-order valence-electron chi connectivity index (χ2n) is 6.72. The summed E-state index contributed by atoms with van der Waals surface area (Å²) < 4.78 is 0. The highest BCUT2D eigenvalue weighted by Gasteiger charge is 2.29. The first-order valence-corrected chi connectivity index (χ1v) is 7.56. The number of allylic oxidation sites excluding steroid dienone is 1. The molecule has 0 heterocycles. The van der Waals surface area contributed by atoms with E-state index in [9.17, 15) is 9.90 Å². The van der Waals surface area contributed by atoms with Crippen LogP contribution in [0.2, 0.25) is 0 Å². The maximum atomic E-state index is 12.3. The Labute approximate surface area is 132 Å². The number of ketones is 1. The molecule has 1 unspecified atom stereocenters. The fourth-order valence-corrected chi connectivity index (χ4v) is 2.44. The molecular weight excluding hydrogens is 276 g/mol. The van der Waals surface area contributed by atoms with Crippen LogP contribution in [-0.2, 0) is 4.79 Å². The van der Waals surface area contributed by atoms with Gasteiger partial charge in [-0.1, -0.05) is 18.2 Å². The second-order valence-corrected chi connectivity index (χ2v) is 6.72. The number of carbonyl (C=O) groups is 1. The molecule has 1 aliphatic carbocycles. The van der Waals surface area contributed by atoms with Crippen molar-refractivity contribution in [3.8, 4) is 0 Å². The summed E-state index contributed by atoms with van der Waals surface area (Å²) in [6.45, 7) is 5.88. The van der Waals surface area contributed by atoms with Gasteiger partial charge in [0.05, 0.1) is 11.1 Å². The van der Waals surface area contributed by atoms with Crippen molar-refractivity contribution in [2.24, 2.45) is 4.99 Å². The Morgan fingerprint density at radius 3 is 2.41 bits per heavy atom. The summed E-state index contributed by atoms with van der Waals surface area (Å²) in [5.41, 5.74) is 1.14. The molecule has 4 heteroatoms. The topological polar surface area (TPSA) is 52.9 Å². The van der Waals surface area contributed by atoms with Crippen LogP contribution in [0.1, 0.15) is 33.6 Å². The van der Waals surface area contributed by atoms with Gasteiger partial charge in [0.1, 0.15) is 5.76 Å². The number of rotatable bonds is 3. The molecule has 1 aromatic carbocycles. The molecule has 2 rings (SSSR count). The molecule has 1 N–H and O–H groups in total. The minimum atomic E-state index is -0.259. The van der Waals surface area contributed by atoms with Gasteiger partial charge in [-0.3, -0.25) is 9.79 Å². The molecule has 1 atom stereocenters. The summed E-state index contributed by atoms with van der Waals surface area (Å²) in [4.78, 5) is 18.7. The fourth-order valence-electron chi connectivity index (χ4n) is 2.44. The number of nitrogens with zero attached hydrogens (tertiary/aromatic N) is 2. The van der Waals surface area contributed by atoms with E-state index < -0.39 is 0 Å². The van der Waals surface area contributed by atoms with Crippen molar-refractivity contribution in [3.05, 3.63) is 41.7 Å². The summed E-state index contributed by atoms with van der Waals surface area (Å²) in [7, 11) is 1.95. The lowest BCUT2D eigenvalue weighted by Gasteiger charge is -2.32. The molecule has 0 amide bonds. The first-order chi connectivity index (χ1) is 10.3. The summed E-state index contributed by atoms with van der Waals surface area (Å²) >= 11 is 0. The zero-order valence-electron chi connectivity index (χ0n) is 13.7. The van der Waals surface area contributed by atoms with E-state index >= 15 is 0 Å². The van der Waals surface area contributed by atoms with Gasteiger partial charge in [0.2, 0.25) is 0 Å². The van der Waals surface area contributed by atoms with E-state index in [4.69, 9.17) is 0 Å². The Bertz CT molecular complexity index is 597. The molecule has 0 radical (unpaired) electrons. The summed E-state index contributed by atoms with van der Waals surface area (Å²) in [6.07, 6.45) is 2.37. The third kappa shape index (κ3) is 3.97. The highest BCUT2D eigenvalue weighted by Crippen LogP contribution is 2.27. The van der Waals surface area contributed by atoms with Crippen LogP contribution in [0.5, 0.6) is 0 Å². The molecule has 0 fully saturated rings. The Hall–Kier alpha value is -2.10. The molecule has 0 bridgehead atoms. The number of carbonyl (C=O) groups excluding carboxylic acids is 1. The van der Waals surface area contributed by atoms with E-state index in [1.54, 1.807) is 0 Å². The van der Waals surface area contributed by atoms with E-state index in [2.05, 4.69) is 4.99 Å². The average Bonchev–Trinajstić information content (AvgIpc) is 2.45. The molecular formula is C18H24N2O2. The van der Waals surface area contributed by atoms with Gasteiger partial charge < -0.3 is 10.0 Å². The molecule has 22 heavy (non-hydrogen) atoms. The maximum Gasteiger partial charge on any atom is 0.169 e. The highest BCUT2D eigenvalue weighted by atomic mass is 16.3. The van der Waals surface area contributed by atoms with Crippen LogP contribution >= 0.6 is 0 Å². The first-order valence-electron chi connectivity index (χ1n) is 7.56. The van der Waals surface area contributed by atoms with Crippen LogP contribution in [0, 0.1) is 0 Å². The van der Waals surface area contributed by atoms with Crippen molar-refractivity contribution in [1.82, 2.24) is 0 Å². The van der Waals surface area contributed by atoms with E-state index in [1.807, 2.05) is 63.1 Å². The van der Waals surface area contributed by atoms with Crippen molar-refractivity contribution < 1.29 is 9.90 Å². The molecule has 4 nitrogen and oxygen atoms in total. The SMILES string of the molecule is CN(c1ccccc1)C1CC(=O)C(C=NC(C)(C)C)=C(O)C1. The smallest absolute Gasteiger partial charge is 0.169 e. The minimum absolute atomic E-state index is 0.0262. The quantitative estimate of drug-likeness (QED) is 0.869. The number of Topliss-reactive ketones (excluding diaryl/α,β-unsaturated/α-hetero) is 1. The number of anilines is 1. The highest BCUT2D eigenvalue weighted by molar-refractivity contribution is 6.14. The average molecular weight is 300 g/mol. The van der Waals surface area contributed by atoms with Crippen LogP contribution in [0.15, 0.2) is 46.7 Å². The van der Waals surface area contributed by atoms with Gasteiger partial charge >= 0.3 is 0 Å². The minimum Gasteiger partial charge on any atom is -0.511 e. The third-order valence-corrected chi connectivity index (χ3v) is 3.75. The van der Waals surface area contributed by atoms with Crippen LogP contribution in [0.3, 0.4) is 0 Å². The molecule has 1 aromatic rings. The lowest BCUT2D eigenvalue weighted by molar-refractivity contribution is -0.116. The number of para-hydroxylation sites is 1. The zero-order valence-corrected chi connectivity index (χ0v) is 13.7. The summed E-state index contributed by atoms with van der Waals surface area (Å²) in [6, 6.07) is 9.87. The fraction of sp³-hybridized carbons (Fsp3) is 0.444. The number of aliphatic imine (C=N–C) groups is 1. The maximum absolute atomic E-state index is 12.3. The van der Waals surface area contributed by atoms with Crippen molar-refractivity contribution >= 4 is 17.7 Å². The Morgan fingerprint density at radius 1 is 1.23 bits per heavy atom. The lowest BCUT2D eigenvalue weighted by atomic mass is 9.91. The van der Waals surface area contributed by atoms with Crippen molar-refractivity contribution in [1.29, 1.82) is 0 Å². The molecule has 118 valence electrons. The van der Waals surface area contributed by atoms with Gasteiger partial charge in [-0.2, -0.15) is 0 Å². The molecule has 0 saturated carbocycles. The van der Waals surface area contributed by atoms with Crippen LogP contribution < -0.4 is 4.90 Å². The number of hydrogen-bond donors (Lipinski definition) is 1. The van der Waals surface area contributed by atoms with Crippen molar-refractivity contribution in [2.45, 2.75) is 45.2 Å². The Morgan fingerprint density at radius 2 is 1.86 bits per heavy atom. The summed E-state index contributed by atoms with van der Waals surface area (Å²) in [5, 5.41) is 10.2. The number of aliphatic hydroxyl groups is 1. The van der Waals surface area contributed by atoms with E-state index in [0.29, 0.717) is 18.4 Å². The first kappa shape index (κ1) is 16.3. The molecule has 0 aromatic heterocycles. The molecule has 1 aliphatic rings. The van der Waals surface area contributed by atoms with Crippen LogP contribution in [0.25, 0.3) is 0 Å². The van der Waals surface area contributed by atoms with Gasteiger partial charge in [-0.25, -0.2) is 0 Å². The molecule has 0 aliphatic heterocycles. The van der Waals surface area contributed by atoms with Gasteiger partial charge in [-0.15, -0.1) is 0 Å². The van der Waals surface area contributed by atoms with Crippen molar-refractivity contribution in [2.75, 3.05) is 11.9 Å². The monoisotopic (exact) mass is 300 g/mol. The Kier molecular flexibility index (Phi) is 4.69. The third-order valence-electron chi connectivity index (χ3n) is 3.75. The van der Waals surface area contributed by atoms with E-state index in [0.717, 1.165) is 5.69 Å². The zero-order chi connectivity index (χ0) is 16.3. The molecule has 0 spiro atoms. The van der Waals surface area contributed by atoms with Gasteiger partial charge in [0.15, 0.2) is 5.78 Å². The van der Waals surface area contributed by atoms with Gasteiger partial charge in [0, 0.05) is 37.8 Å². The lowest BCUT2D eigenvalue weighted by Crippen LogP contribution is -2.37. The molecule has 0 saturated heterocycles. The number of benzene rings is 1. The van der Waals surface area contributed by atoms with Crippen LogP contribution in [0.4, 0.5) is 5.69 Å². The van der Waals surface area contributed by atoms with Crippen molar-refractivity contribution in [3.63, 3.8) is 0 Å². The van der Waals surface area contributed by atoms with Gasteiger partial charge in [0.25, 0.3) is 0 Å².